The van der Waals surface area contributed by atoms with Crippen LogP contribution in [0.5, 0.6) is 0 Å². The van der Waals surface area contributed by atoms with Crippen LogP contribution in [-0.4, -0.2) is 46.3 Å². The molecule has 11 heteroatoms. The monoisotopic (exact) mass is 633 g/mol. The van der Waals surface area contributed by atoms with Gasteiger partial charge in [-0.2, -0.15) is 0 Å². The first-order valence-electron chi connectivity index (χ1n) is 14.2. The molecule has 2 N–H and O–H groups in total. The van der Waals surface area contributed by atoms with Crippen molar-refractivity contribution >= 4 is 33.5 Å². The maximum Gasteiger partial charge on any atom is 0.407 e. The maximum atomic E-state index is 15.0. The molecular formula is C34H36FN3O6S. The first-order chi connectivity index (χ1) is 21.3. The molecule has 4 aromatic carbocycles. The van der Waals surface area contributed by atoms with Crippen molar-refractivity contribution in [2.45, 2.75) is 37.8 Å². The predicted molar refractivity (Wildman–Crippen MR) is 172 cm³/mol. The molecule has 4 rings (SSSR count). The standard InChI is InChI=1S/C34H36FN3O6S/c1-34(2,3)44-33(40)36-18-19-38(23-24-10-6-5-7-11-24)29-15-9-14-28(22-29)37-45(41,42)31-21-26(16-17-30(31)35)25-12-8-13-27(20-25)32(39)43-4/h5-17,20-22,37H,18-19,23H2,1-4H3,(H,36,40). The summed E-state index contributed by atoms with van der Waals surface area (Å²) in [5, 5.41) is 2.76. The Morgan fingerprint density at radius 2 is 1.58 bits per heavy atom. The molecule has 0 saturated carbocycles. The summed E-state index contributed by atoms with van der Waals surface area (Å²) in [4.78, 5) is 25.6. The summed E-state index contributed by atoms with van der Waals surface area (Å²) < 4.78 is 54.5. The minimum atomic E-state index is -4.36. The quantitative estimate of drug-likeness (QED) is 0.179. The number of benzene rings is 4. The van der Waals surface area contributed by atoms with Crippen LogP contribution in [-0.2, 0) is 26.0 Å². The highest BCUT2D eigenvalue weighted by atomic mass is 32.2. The largest absolute Gasteiger partial charge is 0.465 e. The normalized spacial score (nSPS) is 11.4. The fourth-order valence-corrected chi connectivity index (χ4v) is 5.67. The molecule has 0 aliphatic rings. The lowest BCUT2D eigenvalue weighted by Gasteiger charge is -2.26. The van der Waals surface area contributed by atoms with Crippen LogP contribution in [0.15, 0.2) is 102 Å². The Morgan fingerprint density at radius 1 is 0.867 bits per heavy atom. The Hall–Kier alpha value is -4.90. The van der Waals surface area contributed by atoms with E-state index < -0.39 is 38.4 Å². The van der Waals surface area contributed by atoms with E-state index in [2.05, 4.69) is 10.0 Å². The first-order valence-corrected chi connectivity index (χ1v) is 15.7. The Morgan fingerprint density at radius 3 is 2.29 bits per heavy atom. The molecule has 0 aliphatic carbocycles. The summed E-state index contributed by atoms with van der Waals surface area (Å²) in [5.41, 5.74) is 2.49. The molecule has 0 atom stereocenters. The van der Waals surface area contributed by atoms with Crippen molar-refractivity contribution < 1.29 is 31.9 Å². The third kappa shape index (κ3) is 9.29. The number of sulfonamides is 1. The fourth-order valence-electron chi connectivity index (χ4n) is 4.52. The molecule has 45 heavy (non-hydrogen) atoms. The number of nitrogens with zero attached hydrogens (tertiary/aromatic N) is 1. The van der Waals surface area contributed by atoms with Gasteiger partial charge in [0.05, 0.1) is 18.4 Å². The molecule has 0 bridgehead atoms. The summed E-state index contributed by atoms with van der Waals surface area (Å²) in [6, 6.07) is 26.6. The van der Waals surface area contributed by atoms with Crippen LogP contribution >= 0.6 is 0 Å². The van der Waals surface area contributed by atoms with Gasteiger partial charge in [0.15, 0.2) is 0 Å². The zero-order chi connectivity index (χ0) is 32.6. The topological polar surface area (TPSA) is 114 Å². The molecule has 0 spiro atoms. The predicted octanol–water partition coefficient (Wildman–Crippen LogP) is 6.61. The first kappa shape index (κ1) is 33.0. The Labute approximate surface area is 263 Å². The number of hydrogen-bond acceptors (Lipinski definition) is 7. The molecule has 0 aliphatic heterocycles. The molecule has 4 aromatic rings. The molecule has 9 nitrogen and oxygen atoms in total. The van der Waals surface area contributed by atoms with E-state index in [0.29, 0.717) is 29.9 Å². The van der Waals surface area contributed by atoms with Gasteiger partial charge < -0.3 is 19.7 Å². The van der Waals surface area contributed by atoms with Crippen molar-refractivity contribution in [1.82, 2.24) is 5.32 Å². The Kier molecular flexibility index (Phi) is 10.5. The molecule has 0 saturated heterocycles. The van der Waals surface area contributed by atoms with E-state index in [1.807, 2.05) is 41.3 Å². The Bertz CT molecular complexity index is 1760. The number of rotatable bonds is 11. The van der Waals surface area contributed by atoms with E-state index in [1.165, 1.54) is 19.2 Å². The number of hydrogen-bond donors (Lipinski definition) is 2. The molecular weight excluding hydrogens is 597 g/mol. The number of carbonyl (C=O) groups is 2. The lowest BCUT2D eigenvalue weighted by molar-refractivity contribution is 0.0528. The van der Waals surface area contributed by atoms with Gasteiger partial charge in [-0.1, -0.05) is 54.6 Å². The van der Waals surface area contributed by atoms with Crippen molar-refractivity contribution in [3.8, 4) is 11.1 Å². The van der Waals surface area contributed by atoms with Gasteiger partial charge in [-0.3, -0.25) is 4.72 Å². The third-order valence-corrected chi connectivity index (χ3v) is 7.96. The fraction of sp³-hybridized carbons (Fsp3) is 0.235. The second-order valence-corrected chi connectivity index (χ2v) is 12.9. The minimum absolute atomic E-state index is 0.225. The molecule has 0 heterocycles. The van der Waals surface area contributed by atoms with Crippen LogP contribution in [0, 0.1) is 5.82 Å². The van der Waals surface area contributed by atoms with Crippen molar-refractivity contribution in [3.63, 3.8) is 0 Å². The number of methoxy groups -OCH3 is 1. The molecule has 236 valence electrons. The van der Waals surface area contributed by atoms with Gasteiger partial charge in [0, 0.05) is 25.3 Å². The second-order valence-electron chi connectivity index (χ2n) is 11.2. The highest BCUT2D eigenvalue weighted by Gasteiger charge is 2.22. The lowest BCUT2D eigenvalue weighted by Crippen LogP contribution is -2.38. The van der Waals surface area contributed by atoms with Gasteiger partial charge in [-0.15, -0.1) is 0 Å². The number of halogens is 1. The SMILES string of the molecule is COC(=O)c1cccc(-c2ccc(F)c(S(=O)(=O)Nc3cccc(N(CCNC(=O)OC(C)(C)C)Cc4ccccc4)c3)c2)c1. The summed E-state index contributed by atoms with van der Waals surface area (Å²) in [6.07, 6.45) is -0.537. The lowest BCUT2D eigenvalue weighted by atomic mass is 10.0. The van der Waals surface area contributed by atoms with E-state index in [4.69, 9.17) is 9.47 Å². The van der Waals surface area contributed by atoms with E-state index in [1.54, 1.807) is 63.2 Å². The van der Waals surface area contributed by atoms with Gasteiger partial charge in [-0.25, -0.2) is 22.4 Å². The number of alkyl carbamates (subject to hydrolysis) is 1. The molecule has 0 radical (unpaired) electrons. The number of ether oxygens (including phenoxy) is 2. The highest BCUT2D eigenvalue weighted by molar-refractivity contribution is 7.92. The molecule has 0 fully saturated rings. The van der Waals surface area contributed by atoms with Crippen LogP contribution in [0.1, 0.15) is 36.7 Å². The van der Waals surface area contributed by atoms with Crippen molar-refractivity contribution in [2.75, 3.05) is 29.8 Å². The van der Waals surface area contributed by atoms with Crippen molar-refractivity contribution in [1.29, 1.82) is 0 Å². The van der Waals surface area contributed by atoms with E-state index >= 15 is 0 Å². The third-order valence-electron chi connectivity index (χ3n) is 6.57. The molecule has 0 unspecified atom stereocenters. The van der Waals surface area contributed by atoms with E-state index in [9.17, 15) is 22.4 Å². The van der Waals surface area contributed by atoms with Gasteiger partial charge in [-0.05, 0) is 79.9 Å². The number of anilines is 2. The average molecular weight is 634 g/mol. The van der Waals surface area contributed by atoms with Crippen molar-refractivity contribution in [2.24, 2.45) is 0 Å². The molecule has 0 aromatic heterocycles. The number of amides is 1. The van der Waals surface area contributed by atoms with E-state index in [0.717, 1.165) is 11.6 Å². The van der Waals surface area contributed by atoms with E-state index in [-0.39, 0.29) is 17.8 Å². The summed E-state index contributed by atoms with van der Waals surface area (Å²) in [7, 11) is -3.10. The second kappa shape index (κ2) is 14.3. The molecule has 1 amide bonds. The number of esters is 1. The van der Waals surface area contributed by atoms with Crippen LogP contribution < -0.4 is 14.9 Å². The van der Waals surface area contributed by atoms with Crippen LogP contribution in [0.3, 0.4) is 0 Å². The highest BCUT2D eigenvalue weighted by Crippen LogP contribution is 2.28. The zero-order valence-corrected chi connectivity index (χ0v) is 26.4. The smallest absolute Gasteiger partial charge is 0.407 e. The van der Waals surface area contributed by atoms with Crippen LogP contribution in [0.25, 0.3) is 11.1 Å². The Balaban J connectivity index is 1.57. The zero-order valence-electron chi connectivity index (χ0n) is 25.5. The summed E-state index contributed by atoms with van der Waals surface area (Å²) in [6.45, 7) is 6.50. The van der Waals surface area contributed by atoms with Crippen LogP contribution in [0.2, 0.25) is 0 Å². The average Bonchev–Trinajstić information content (AvgIpc) is 3.00. The maximum absolute atomic E-state index is 15.0. The summed E-state index contributed by atoms with van der Waals surface area (Å²) in [5.74, 6) is -1.47. The van der Waals surface area contributed by atoms with Gasteiger partial charge in [0.1, 0.15) is 16.3 Å². The van der Waals surface area contributed by atoms with Gasteiger partial charge in [0.2, 0.25) is 0 Å². The van der Waals surface area contributed by atoms with Gasteiger partial charge in [0.25, 0.3) is 10.0 Å². The van der Waals surface area contributed by atoms with Gasteiger partial charge >= 0.3 is 12.1 Å². The number of carbonyl (C=O) groups excluding carboxylic acids is 2. The summed E-state index contributed by atoms with van der Waals surface area (Å²) >= 11 is 0. The van der Waals surface area contributed by atoms with Crippen molar-refractivity contribution in [3.05, 3.63) is 114 Å². The minimum Gasteiger partial charge on any atom is -0.465 e. The van der Waals surface area contributed by atoms with Crippen LogP contribution in [0.4, 0.5) is 20.6 Å². The number of nitrogens with one attached hydrogen (secondary N) is 2.